The Bertz CT molecular complexity index is 675. The smallest absolute Gasteiger partial charge is 0.0967 e. The molecule has 0 amide bonds. The van der Waals surface area contributed by atoms with Gasteiger partial charge in [0.2, 0.25) is 0 Å². The molecule has 1 N–H and O–H groups in total. The van der Waals surface area contributed by atoms with Crippen molar-refractivity contribution >= 4 is 21.6 Å². The van der Waals surface area contributed by atoms with Crippen LogP contribution in [0.1, 0.15) is 22.2 Å². The van der Waals surface area contributed by atoms with Gasteiger partial charge in [0.05, 0.1) is 21.3 Å². The number of hydrogen-bond acceptors (Lipinski definition) is 4. The maximum atomic E-state index is 10.3. The molecule has 4 heteroatoms. The monoisotopic (exact) mass is 270 g/mol. The van der Waals surface area contributed by atoms with Gasteiger partial charge in [-0.25, -0.2) is 4.98 Å². The van der Waals surface area contributed by atoms with Crippen LogP contribution in [0.15, 0.2) is 42.7 Å². The van der Waals surface area contributed by atoms with Gasteiger partial charge in [-0.3, -0.25) is 4.98 Å². The molecule has 3 rings (SSSR count). The number of benzene rings is 1. The summed E-state index contributed by atoms with van der Waals surface area (Å²) >= 11 is 1.64. The Morgan fingerprint density at radius 1 is 1.26 bits per heavy atom. The first-order valence-electron chi connectivity index (χ1n) is 6.17. The summed E-state index contributed by atoms with van der Waals surface area (Å²) in [6.45, 7) is 1.96. The van der Waals surface area contributed by atoms with Gasteiger partial charge in [-0.05, 0) is 36.2 Å². The predicted molar refractivity (Wildman–Crippen MR) is 77.3 cm³/mol. The minimum atomic E-state index is -0.524. The molecule has 1 atom stereocenters. The molecule has 0 aliphatic heterocycles. The van der Waals surface area contributed by atoms with Gasteiger partial charge in [-0.15, -0.1) is 11.3 Å². The van der Waals surface area contributed by atoms with Crippen molar-refractivity contribution in [3.8, 4) is 0 Å². The molecule has 0 aliphatic carbocycles. The quantitative estimate of drug-likeness (QED) is 0.794. The lowest BCUT2D eigenvalue weighted by atomic mass is 10.0. The van der Waals surface area contributed by atoms with E-state index in [-0.39, 0.29) is 0 Å². The third-order valence-corrected chi connectivity index (χ3v) is 4.19. The standard InChI is InChI=1S/C15H14N2OS/c1-10-9-16-7-6-11(10)13(18)8-15-17-12-4-2-3-5-14(12)19-15/h2-7,9,13,18H,8H2,1H3. The summed E-state index contributed by atoms with van der Waals surface area (Å²) in [6, 6.07) is 9.91. The maximum Gasteiger partial charge on any atom is 0.0967 e. The molecule has 3 nitrogen and oxygen atoms in total. The SMILES string of the molecule is Cc1cnccc1C(O)Cc1nc2ccccc2s1. The van der Waals surface area contributed by atoms with E-state index in [4.69, 9.17) is 0 Å². The summed E-state index contributed by atoms with van der Waals surface area (Å²) in [4.78, 5) is 8.60. The zero-order chi connectivity index (χ0) is 13.2. The van der Waals surface area contributed by atoms with Crippen molar-refractivity contribution in [2.75, 3.05) is 0 Å². The maximum absolute atomic E-state index is 10.3. The third-order valence-electron chi connectivity index (χ3n) is 3.13. The van der Waals surface area contributed by atoms with Gasteiger partial charge in [0, 0.05) is 18.8 Å². The minimum absolute atomic E-state index is 0.524. The Labute approximate surface area is 115 Å². The fourth-order valence-corrected chi connectivity index (χ4v) is 3.14. The Hall–Kier alpha value is -1.78. The summed E-state index contributed by atoms with van der Waals surface area (Å²) in [5, 5.41) is 11.3. The first-order valence-corrected chi connectivity index (χ1v) is 6.99. The molecule has 0 radical (unpaired) electrons. The normalized spacial score (nSPS) is 12.7. The highest BCUT2D eigenvalue weighted by molar-refractivity contribution is 7.18. The molecular weight excluding hydrogens is 256 g/mol. The van der Waals surface area contributed by atoms with Crippen molar-refractivity contribution in [1.29, 1.82) is 0 Å². The number of nitrogens with zero attached hydrogens (tertiary/aromatic N) is 2. The number of rotatable bonds is 3. The fraction of sp³-hybridized carbons (Fsp3) is 0.200. The molecular formula is C15H14N2OS. The number of aliphatic hydroxyl groups excluding tert-OH is 1. The van der Waals surface area contributed by atoms with Gasteiger partial charge in [-0.2, -0.15) is 0 Å². The number of aryl methyl sites for hydroxylation is 1. The molecule has 1 aromatic carbocycles. The van der Waals surface area contributed by atoms with Gasteiger partial charge < -0.3 is 5.11 Å². The molecule has 0 saturated heterocycles. The van der Waals surface area contributed by atoms with Crippen molar-refractivity contribution in [2.45, 2.75) is 19.4 Å². The van der Waals surface area contributed by atoms with E-state index in [0.29, 0.717) is 6.42 Å². The molecule has 2 aromatic heterocycles. The van der Waals surface area contributed by atoms with Crippen LogP contribution in [0.3, 0.4) is 0 Å². The van der Waals surface area contributed by atoms with Crippen molar-refractivity contribution in [3.63, 3.8) is 0 Å². The summed E-state index contributed by atoms with van der Waals surface area (Å²) in [7, 11) is 0. The lowest BCUT2D eigenvalue weighted by Gasteiger charge is -2.11. The summed E-state index contributed by atoms with van der Waals surface area (Å²) in [5.41, 5.74) is 2.94. The van der Waals surface area contributed by atoms with Crippen LogP contribution in [0.4, 0.5) is 0 Å². The summed E-state index contributed by atoms with van der Waals surface area (Å²) in [5.74, 6) is 0. The van der Waals surface area contributed by atoms with Crippen molar-refractivity contribution in [3.05, 3.63) is 58.9 Å². The third kappa shape index (κ3) is 2.50. The first-order chi connectivity index (χ1) is 9.24. The van der Waals surface area contributed by atoms with Crippen LogP contribution in [-0.4, -0.2) is 15.1 Å². The number of para-hydroxylation sites is 1. The molecule has 0 saturated carbocycles. The number of thiazole rings is 1. The molecule has 96 valence electrons. The van der Waals surface area contributed by atoms with E-state index in [2.05, 4.69) is 16.0 Å². The van der Waals surface area contributed by atoms with E-state index in [1.807, 2.05) is 31.2 Å². The Morgan fingerprint density at radius 3 is 2.89 bits per heavy atom. The number of pyridine rings is 1. The molecule has 2 heterocycles. The van der Waals surface area contributed by atoms with Gasteiger partial charge >= 0.3 is 0 Å². The topological polar surface area (TPSA) is 46.0 Å². The number of hydrogen-bond donors (Lipinski definition) is 1. The lowest BCUT2D eigenvalue weighted by Crippen LogP contribution is -2.03. The van der Waals surface area contributed by atoms with Crippen LogP contribution in [-0.2, 0) is 6.42 Å². The van der Waals surface area contributed by atoms with Crippen LogP contribution in [0.25, 0.3) is 10.2 Å². The van der Waals surface area contributed by atoms with Crippen LogP contribution >= 0.6 is 11.3 Å². The van der Waals surface area contributed by atoms with Crippen LogP contribution in [0, 0.1) is 6.92 Å². The second-order valence-electron chi connectivity index (χ2n) is 4.53. The summed E-state index contributed by atoms with van der Waals surface area (Å²) in [6.07, 6.45) is 3.51. The summed E-state index contributed by atoms with van der Waals surface area (Å²) < 4.78 is 1.16. The number of aromatic nitrogens is 2. The van der Waals surface area contributed by atoms with E-state index >= 15 is 0 Å². The van der Waals surface area contributed by atoms with Crippen LogP contribution in [0.2, 0.25) is 0 Å². The Morgan fingerprint density at radius 2 is 2.11 bits per heavy atom. The van der Waals surface area contributed by atoms with Gasteiger partial charge in [0.1, 0.15) is 0 Å². The minimum Gasteiger partial charge on any atom is -0.388 e. The second-order valence-corrected chi connectivity index (χ2v) is 5.64. The molecule has 0 aliphatic rings. The average molecular weight is 270 g/mol. The molecule has 19 heavy (non-hydrogen) atoms. The highest BCUT2D eigenvalue weighted by Gasteiger charge is 2.13. The van der Waals surface area contributed by atoms with Crippen molar-refractivity contribution in [1.82, 2.24) is 9.97 Å². The molecule has 3 aromatic rings. The van der Waals surface area contributed by atoms with Gasteiger partial charge in [0.15, 0.2) is 0 Å². The van der Waals surface area contributed by atoms with E-state index in [1.54, 1.807) is 23.7 Å². The van der Waals surface area contributed by atoms with Gasteiger partial charge in [-0.1, -0.05) is 12.1 Å². The highest BCUT2D eigenvalue weighted by Crippen LogP contribution is 2.26. The second kappa shape index (κ2) is 5.07. The molecule has 0 bridgehead atoms. The largest absolute Gasteiger partial charge is 0.388 e. The van der Waals surface area contributed by atoms with Gasteiger partial charge in [0.25, 0.3) is 0 Å². The van der Waals surface area contributed by atoms with E-state index in [0.717, 1.165) is 26.4 Å². The fourth-order valence-electron chi connectivity index (χ4n) is 2.14. The molecule has 0 spiro atoms. The van der Waals surface area contributed by atoms with E-state index in [9.17, 15) is 5.11 Å². The molecule has 1 unspecified atom stereocenters. The number of fused-ring (bicyclic) bond motifs is 1. The Kier molecular flexibility index (Phi) is 3.27. The van der Waals surface area contributed by atoms with Crippen LogP contribution in [0.5, 0.6) is 0 Å². The first kappa shape index (κ1) is 12.3. The highest BCUT2D eigenvalue weighted by atomic mass is 32.1. The Balaban J connectivity index is 1.86. The zero-order valence-corrected chi connectivity index (χ0v) is 11.4. The van der Waals surface area contributed by atoms with Crippen LogP contribution < -0.4 is 0 Å². The zero-order valence-electron chi connectivity index (χ0n) is 10.6. The van der Waals surface area contributed by atoms with Crippen molar-refractivity contribution < 1.29 is 5.11 Å². The number of aliphatic hydroxyl groups is 1. The van der Waals surface area contributed by atoms with Crippen molar-refractivity contribution in [2.24, 2.45) is 0 Å². The van der Waals surface area contributed by atoms with E-state index in [1.165, 1.54) is 0 Å². The molecule has 0 fully saturated rings. The van der Waals surface area contributed by atoms with E-state index < -0.39 is 6.10 Å². The lowest BCUT2D eigenvalue weighted by molar-refractivity contribution is 0.177. The predicted octanol–water partition coefficient (Wildman–Crippen LogP) is 3.28. The average Bonchev–Trinajstić information content (AvgIpc) is 2.81.